The zero-order valence-corrected chi connectivity index (χ0v) is 12.5. The van der Waals surface area contributed by atoms with Crippen molar-refractivity contribution in [1.29, 1.82) is 0 Å². The predicted molar refractivity (Wildman–Crippen MR) is 77.7 cm³/mol. The fourth-order valence-corrected chi connectivity index (χ4v) is 2.80. The van der Waals surface area contributed by atoms with Crippen LogP contribution in [0.1, 0.15) is 51.4 Å². The van der Waals surface area contributed by atoms with Crippen LogP contribution in [0.25, 0.3) is 0 Å². The van der Waals surface area contributed by atoms with Gasteiger partial charge < -0.3 is 20.1 Å². The molecule has 1 amide bonds. The van der Waals surface area contributed by atoms with Crippen LogP contribution in [0.15, 0.2) is 0 Å². The first-order valence-electron chi connectivity index (χ1n) is 7.29. The number of hydrogen-bond acceptors (Lipinski definition) is 3. The van der Waals surface area contributed by atoms with Crippen LogP contribution in [0.5, 0.6) is 0 Å². The summed E-state index contributed by atoms with van der Waals surface area (Å²) in [6.45, 7) is 5.63. The average molecular weight is 294 g/mol. The van der Waals surface area contributed by atoms with Crippen molar-refractivity contribution in [3.05, 3.63) is 22.5 Å². The first kappa shape index (κ1) is 15.6. The Kier molecular flexibility index (Phi) is 5.01. The fraction of sp³-hybridized carbons (Fsp3) is 0.600. The molecule has 2 heterocycles. The van der Waals surface area contributed by atoms with Crippen LogP contribution in [0.4, 0.5) is 0 Å². The van der Waals surface area contributed by atoms with Gasteiger partial charge in [0.05, 0.1) is 5.56 Å². The summed E-state index contributed by atoms with van der Waals surface area (Å²) in [6.07, 6.45) is 3.06. The van der Waals surface area contributed by atoms with Gasteiger partial charge in [-0.25, -0.2) is 4.79 Å². The number of carbonyl (C=O) groups is 2. The predicted octanol–water partition coefficient (Wildman–Crippen LogP) is 1.88. The van der Waals surface area contributed by atoms with Crippen molar-refractivity contribution in [3.8, 4) is 0 Å². The second kappa shape index (κ2) is 6.76. The zero-order chi connectivity index (χ0) is 15.4. The first-order chi connectivity index (χ1) is 10.0. The maximum Gasteiger partial charge on any atom is 0.352 e. The number of nitrogens with one attached hydrogen (secondary N) is 2. The standard InChI is InChI=1S/C15H22N2O4/c1-9-12(10(2)17-13(9)15(19)20)14(18)16-6-3-4-11-5-7-21-8-11/h11,17H,3-8H2,1-2H3,(H,16,18)(H,19,20)/t11-/m1/s1. The topological polar surface area (TPSA) is 91.4 Å². The fourth-order valence-electron chi connectivity index (χ4n) is 2.80. The molecular formula is C15H22N2O4. The SMILES string of the molecule is Cc1[nH]c(C(=O)O)c(C)c1C(=O)NCCC[C@@H]1CCOC1. The highest BCUT2D eigenvalue weighted by Crippen LogP contribution is 2.19. The van der Waals surface area contributed by atoms with E-state index in [0.717, 1.165) is 32.5 Å². The van der Waals surface area contributed by atoms with Gasteiger partial charge in [-0.1, -0.05) is 0 Å². The van der Waals surface area contributed by atoms with E-state index in [1.807, 2.05) is 0 Å². The summed E-state index contributed by atoms with van der Waals surface area (Å²) in [6, 6.07) is 0. The number of ether oxygens (including phenoxy) is 1. The Morgan fingerprint density at radius 3 is 2.76 bits per heavy atom. The van der Waals surface area contributed by atoms with Crippen LogP contribution >= 0.6 is 0 Å². The molecule has 0 aliphatic carbocycles. The van der Waals surface area contributed by atoms with Crippen molar-refractivity contribution in [3.63, 3.8) is 0 Å². The smallest absolute Gasteiger partial charge is 0.352 e. The lowest BCUT2D eigenvalue weighted by Gasteiger charge is -2.09. The van der Waals surface area contributed by atoms with Gasteiger partial charge in [-0.15, -0.1) is 0 Å². The van der Waals surface area contributed by atoms with Gasteiger partial charge in [-0.3, -0.25) is 4.79 Å². The number of aromatic amines is 1. The minimum atomic E-state index is -1.05. The van der Waals surface area contributed by atoms with Crippen molar-refractivity contribution < 1.29 is 19.4 Å². The second-order valence-electron chi connectivity index (χ2n) is 5.56. The summed E-state index contributed by atoms with van der Waals surface area (Å²) in [4.78, 5) is 26.0. The maximum absolute atomic E-state index is 12.2. The number of aryl methyl sites for hydroxylation is 1. The molecule has 0 radical (unpaired) electrons. The number of hydrogen-bond donors (Lipinski definition) is 3. The molecule has 1 aromatic heterocycles. The molecule has 1 aliphatic rings. The van der Waals surface area contributed by atoms with Crippen LogP contribution in [-0.2, 0) is 4.74 Å². The van der Waals surface area contributed by atoms with Crippen LogP contribution < -0.4 is 5.32 Å². The Hall–Kier alpha value is -1.82. The van der Waals surface area contributed by atoms with E-state index >= 15 is 0 Å². The second-order valence-corrected chi connectivity index (χ2v) is 5.56. The molecule has 116 valence electrons. The molecule has 0 saturated carbocycles. The lowest BCUT2D eigenvalue weighted by Crippen LogP contribution is -2.26. The van der Waals surface area contributed by atoms with E-state index in [0.29, 0.717) is 29.3 Å². The van der Waals surface area contributed by atoms with Gasteiger partial charge in [0, 0.05) is 25.5 Å². The number of carboxylic acid groups (broad SMARTS) is 1. The molecule has 0 aromatic carbocycles. The van der Waals surface area contributed by atoms with Gasteiger partial charge >= 0.3 is 5.97 Å². The van der Waals surface area contributed by atoms with E-state index in [1.165, 1.54) is 0 Å². The van der Waals surface area contributed by atoms with Gasteiger partial charge in [-0.05, 0) is 44.6 Å². The number of amides is 1. The molecule has 21 heavy (non-hydrogen) atoms. The maximum atomic E-state index is 12.2. The van der Waals surface area contributed by atoms with Crippen LogP contribution in [0.3, 0.4) is 0 Å². The molecule has 1 aromatic rings. The highest BCUT2D eigenvalue weighted by atomic mass is 16.5. The van der Waals surface area contributed by atoms with Crippen molar-refractivity contribution in [2.75, 3.05) is 19.8 Å². The Balaban J connectivity index is 1.86. The Morgan fingerprint density at radius 1 is 1.43 bits per heavy atom. The largest absolute Gasteiger partial charge is 0.477 e. The summed E-state index contributed by atoms with van der Waals surface area (Å²) < 4.78 is 5.31. The molecule has 1 atom stereocenters. The van der Waals surface area contributed by atoms with E-state index in [-0.39, 0.29) is 11.6 Å². The molecule has 1 fully saturated rings. The van der Waals surface area contributed by atoms with Crippen molar-refractivity contribution in [2.45, 2.75) is 33.1 Å². The molecule has 1 saturated heterocycles. The van der Waals surface area contributed by atoms with Crippen LogP contribution in [-0.4, -0.2) is 41.7 Å². The number of aromatic nitrogens is 1. The van der Waals surface area contributed by atoms with E-state index < -0.39 is 5.97 Å². The van der Waals surface area contributed by atoms with Crippen molar-refractivity contribution in [1.82, 2.24) is 10.3 Å². The highest BCUT2D eigenvalue weighted by molar-refractivity contribution is 6.00. The number of aromatic carboxylic acids is 1. The van der Waals surface area contributed by atoms with E-state index in [2.05, 4.69) is 10.3 Å². The summed E-state index contributed by atoms with van der Waals surface area (Å²) in [7, 11) is 0. The molecular weight excluding hydrogens is 272 g/mol. The Morgan fingerprint density at radius 2 is 2.19 bits per heavy atom. The molecule has 0 unspecified atom stereocenters. The third kappa shape index (κ3) is 3.64. The van der Waals surface area contributed by atoms with Gasteiger partial charge in [0.2, 0.25) is 0 Å². The quantitative estimate of drug-likeness (QED) is 0.699. The average Bonchev–Trinajstić information content (AvgIpc) is 3.03. The molecule has 0 bridgehead atoms. The van der Waals surface area contributed by atoms with Gasteiger partial charge in [0.1, 0.15) is 5.69 Å². The van der Waals surface area contributed by atoms with Crippen molar-refractivity contribution in [2.24, 2.45) is 5.92 Å². The summed E-state index contributed by atoms with van der Waals surface area (Å²) in [5.74, 6) is -0.649. The van der Waals surface area contributed by atoms with Crippen LogP contribution in [0, 0.1) is 19.8 Å². The third-order valence-electron chi connectivity index (χ3n) is 3.98. The number of rotatable bonds is 6. The summed E-state index contributed by atoms with van der Waals surface area (Å²) in [5, 5.41) is 11.9. The lowest BCUT2D eigenvalue weighted by molar-refractivity contribution is 0.0690. The van der Waals surface area contributed by atoms with Crippen molar-refractivity contribution >= 4 is 11.9 Å². The Bertz CT molecular complexity index is 530. The minimum Gasteiger partial charge on any atom is -0.477 e. The summed E-state index contributed by atoms with van der Waals surface area (Å²) >= 11 is 0. The van der Waals surface area contributed by atoms with Gasteiger partial charge in [0.15, 0.2) is 0 Å². The molecule has 1 aliphatic heterocycles. The molecule has 0 spiro atoms. The van der Waals surface area contributed by atoms with Gasteiger partial charge in [-0.2, -0.15) is 0 Å². The van der Waals surface area contributed by atoms with Crippen LogP contribution in [0.2, 0.25) is 0 Å². The third-order valence-corrected chi connectivity index (χ3v) is 3.98. The normalized spacial score (nSPS) is 17.9. The van der Waals surface area contributed by atoms with Gasteiger partial charge in [0.25, 0.3) is 5.91 Å². The monoisotopic (exact) mass is 294 g/mol. The van der Waals surface area contributed by atoms with E-state index in [1.54, 1.807) is 13.8 Å². The number of H-pyrrole nitrogens is 1. The molecule has 6 nitrogen and oxygen atoms in total. The number of carboxylic acids is 1. The lowest BCUT2D eigenvalue weighted by atomic mass is 10.0. The minimum absolute atomic E-state index is 0.0840. The highest BCUT2D eigenvalue weighted by Gasteiger charge is 2.21. The molecule has 6 heteroatoms. The summed E-state index contributed by atoms with van der Waals surface area (Å²) in [5.41, 5.74) is 1.60. The van der Waals surface area contributed by atoms with E-state index in [9.17, 15) is 9.59 Å². The Labute approximate surface area is 123 Å². The molecule has 3 N–H and O–H groups in total. The van der Waals surface area contributed by atoms with E-state index in [4.69, 9.17) is 9.84 Å². The zero-order valence-electron chi connectivity index (χ0n) is 12.5. The molecule has 2 rings (SSSR count). The first-order valence-corrected chi connectivity index (χ1v) is 7.29. The number of carbonyl (C=O) groups excluding carboxylic acids is 1.